The molecule has 2 aliphatic rings. The van der Waals surface area contributed by atoms with Crippen molar-refractivity contribution in [3.63, 3.8) is 0 Å². The van der Waals surface area contributed by atoms with Crippen LogP contribution in [0.5, 0.6) is 5.75 Å². The van der Waals surface area contributed by atoms with Gasteiger partial charge in [0.2, 0.25) is 5.91 Å². The van der Waals surface area contributed by atoms with Gasteiger partial charge in [0.05, 0.1) is 7.11 Å². The second kappa shape index (κ2) is 5.90. The molecule has 0 spiro atoms. The van der Waals surface area contributed by atoms with E-state index in [2.05, 4.69) is 12.2 Å². The average Bonchev–Trinajstić information content (AvgIpc) is 3.05. The van der Waals surface area contributed by atoms with Gasteiger partial charge in [-0.2, -0.15) is 0 Å². The summed E-state index contributed by atoms with van der Waals surface area (Å²) in [6, 6.07) is 8.42. The van der Waals surface area contributed by atoms with Gasteiger partial charge in [-0.25, -0.2) is 0 Å². The lowest BCUT2D eigenvalue weighted by Gasteiger charge is -2.26. The van der Waals surface area contributed by atoms with Crippen molar-refractivity contribution in [2.45, 2.75) is 25.4 Å². The minimum absolute atomic E-state index is 0.120. The summed E-state index contributed by atoms with van der Waals surface area (Å²) in [4.78, 5) is 14.5. The third-order valence-corrected chi connectivity index (χ3v) is 4.57. The van der Waals surface area contributed by atoms with E-state index in [1.54, 1.807) is 13.2 Å². The first kappa shape index (κ1) is 14.1. The summed E-state index contributed by atoms with van der Waals surface area (Å²) in [6.07, 6.45) is 4.68. The van der Waals surface area contributed by atoms with Gasteiger partial charge in [-0.3, -0.25) is 4.79 Å². The van der Waals surface area contributed by atoms with Crippen LogP contribution in [0.2, 0.25) is 0 Å². The van der Waals surface area contributed by atoms with Crippen LogP contribution >= 0.6 is 0 Å². The largest absolute Gasteiger partial charge is 0.497 e. The number of benzene rings is 1. The first-order chi connectivity index (χ1) is 10.2. The summed E-state index contributed by atoms with van der Waals surface area (Å²) in [5, 5.41) is 3.38. The molecular weight excluding hydrogens is 264 g/mol. The van der Waals surface area contributed by atoms with Gasteiger partial charge in [0.1, 0.15) is 5.75 Å². The van der Waals surface area contributed by atoms with Gasteiger partial charge in [0, 0.05) is 31.2 Å². The van der Waals surface area contributed by atoms with Crippen LogP contribution in [0.1, 0.15) is 18.9 Å². The summed E-state index contributed by atoms with van der Waals surface area (Å²) < 4.78 is 5.13. The lowest BCUT2D eigenvalue weighted by Crippen LogP contribution is -2.41. The van der Waals surface area contributed by atoms with Crippen molar-refractivity contribution in [1.82, 2.24) is 10.2 Å². The van der Waals surface area contributed by atoms with Crippen LogP contribution in [0.4, 0.5) is 0 Å². The number of carbonyl (C=O) groups excluding carboxylic acids is 1. The molecule has 0 saturated carbocycles. The van der Waals surface area contributed by atoms with Gasteiger partial charge in [0.25, 0.3) is 0 Å². The molecule has 21 heavy (non-hydrogen) atoms. The van der Waals surface area contributed by atoms with Crippen LogP contribution in [-0.4, -0.2) is 43.1 Å². The SMILES string of the molecule is COc1ccc(/C=C/C(=O)N2C(C)CC3CNCC32)cc1. The third-order valence-electron chi connectivity index (χ3n) is 4.57. The van der Waals surface area contributed by atoms with Crippen molar-refractivity contribution in [2.75, 3.05) is 20.2 Å². The number of likely N-dealkylation sites (tertiary alicyclic amines) is 1. The van der Waals surface area contributed by atoms with Crippen LogP contribution in [0.25, 0.3) is 6.08 Å². The van der Waals surface area contributed by atoms with E-state index in [4.69, 9.17) is 4.74 Å². The van der Waals surface area contributed by atoms with Crippen molar-refractivity contribution in [3.05, 3.63) is 35.9 Å². The fourth-order valence-electron chi connectivity index (χ4n) is 3.51. The first-order valence-corrected chi connectivity index (χ1v) is 7.54. The molecule has 1 amide bonds. The molecule has 4 heteroatoms. The van der Waals surface area contributed by atoms with Gasteiger partial charge < -0.3 is 15.0 Å². The topological polar surface area (TPSA) is 41.6 Å². The Balaban J connectivity index is 1.68. The zero-order valence-electron chi connectivity index (χ0n) is 12.6. The zero-order valence-corrected chi connectivity index (χ0v) is 12.6. The highest BCUT2D eigenvalue weighted by Crippen LogP contribution is 2.32. The summed E-state index contributed by atoms with van der Waals surface area (Å²) in [7, 11) is 1.65. The molecule has 1 N–H and O–H groups in total. The Bertz CT molecular complexity index is 538. The Morgan fingerprint density at radius 1 is 1.33 bits per heavy atom. The van der Waals surface area contributed by atoms with Crippen molar-refractivity contribution < 1.29 is 9.53 Å². The van der Waals surface area contributed by atoms with Gasteiger partial charge >= 0.3 is 0 Å². The number of ether oxygens (including phenoxy) is 1. The minimum atomic E-state index is 0.120. The van der Waals surface area contributed by atoms with E-state index in [0.717, 1.165) is 30.8 Å². The highest BCUT2D eigenvalue weighted by molar-refractivity contribution is 5.92. The van der Waals surface area contributed by atoms with E-state index in [0.29, 0.717) is 18.0 Å². The Morgan fingerprint density at radius 3 is 2.81 bits per heavy atom. The van der Waals surface area contributed by atoms with Crippen molar-refractivity contribution in [2.24, 2.45) is 5.92 Å². The van der Waals surface area contributed by atoms with Crippen LogP contribution < -0.4 is 10.1 Å². The molecule has 3 rings (SSSR count). The van der Waals surface area contributed by atoms with Gasteiger partial charge in [0.15, 0.2) is 0 Å². The van der Waals surface area contributed by atoms with Crippen LogP contribution in [0, 0.1) is 5.92 Å². The number of fused-ring (bicyclic) bond motifs is 1. The van der Waals surface area contributed by atoms with Gasteiger partial charge in [-0.1, -0.05) is 12.1 Å². The van der Waals surface area contributed by atoms with Gasteiger partial charge in [-0.15, -0.1) is 0 Å². The second-order valence-electron chi connectivity index (χ2n) is 5.92. The molecule has 2 fully saturated rings. The van der Waals surface area contributed by atoms with Crippen molar-refractivity contribution in [1.29, 1.82) is 0 Å². The number of methoxy groups -OCH3 is 1. The maximum Gasteiger partial charge on any atom is 0.247 e. The number of nitrogens with one attached hydrogen (secondary N) is 1. The predicted octanol–water partition coefficient (Wildman–Crippen LogP) is 1.92. The molecule has 1 aromatic rings. The number of carbonyl (C=O) groups is 1. The van der Waals surface area contributed by atoms with Crippen molar-refractivity contribution in [3.8, 4) is 5.75 Å². The Hall–Kier alpha value is -1.81. The third kappa shape index (κ3) is 2.81. The summed E-state index contributed by atoms with van der Waals surface area (Å²) >= 11 is 0. The highest BCUT2D eigenvalue weighted by atomic mass is 16.5. The fraction of sp³-hybridized carbons (Fsp3) is 0.471. The number of rotatable bonds is 3. The lowest BCUT2D eigenvalue weighted by molar-refractivity contribution is -0.128. The molecule has 2 saturated heterocycles. The quantitative estimate of drug-likeness (QED) is 0.863. The normalized spacial score (nSPS) is 28.1. The standard InChI is InChI=1S/C17H22N2O2/c1-12-9-14-10-18-11-16(14)19(12)17(20)8-5-13-3-6-15(21-2)7-4-13/h3-8,12,14,16,18H,9-11H2,1-2H3/b8-5+. The smallest absolute Gasteiger partial charge is 0.247 e. The van der Waals surface area contributed by atoms with Crippen molar-refractivity contribution >= 4 is 12.0 Å². The summed E-state index contributed by atoms with van der Waals surface area (Å²) in [6.45, 7) is 4.12. The molecule has 0 radical (unpaired) electrons. The predicted molar refractivity (Wildman–Crippen MR) is 83.1 cm³/mol. The molecule has 3 unspecified atom stereocenters. The molecule has 2 aliphatic heterocycles. The van der Waals surface area contributed by atoms with E-state index >= 15 is 0 Å². The maximum absolute atomic E-state index is 12.5. The van der Waals surface area contributed by atoms with Gasteiger partial charge in [-0.05, 0) is 43.0 Å². The fourth-order valence-corrected chi connectivity index (χ4v) is 3.51. The Labute approximate surface area is 125 Å². The molecule has 4 nitrogen and oxygen atoms in total. The van der Waals surface area contributed by atoms with Crippen LogP contribution in [0.15, 0.2) is 30.3 Å². The molecular formula is C17H22N2O2. The minimum Gasteiger partial charge on any atom is -0.497 e. The maximum atomic E-state index is 12.5. The molecule has 0 aromatic heterocycles. The number of nitrogens with zero attached hydrogens (tertiary/aromatic N) is 1. The second-order valence-corrected chi connectivity index (χ2v) is 5.92. The highest BCUT2D eigenvalue weighted by Gasteiger charge is 2.43. The zero-order chi connectivity index (χ0) is 14.8. The van der Waals surface area contributed by atoms with Crippen LogP contribution in [0.3, 0.4) is 0 Å². The van der Waals surface area contributed by atoms with E-state index in [1.807, 2.05) is 35.2 Å². The molecule has 0 bridgehead atoms. The summed E-state index contributed by atoms with van der Waals surface area (Å²) in [5.74, 6) is 1.57. The number of hydrogen-bond donors (Lipinski definition) is 1. The molecule has 1 aromatic carbocycles. The Kier molecular flexibility index (Phi) is 3.97. The summed E-state index contributed by atoms with van der Waals surface area (Å²) in [5.41, 5.74) is 1.01. The lowest BCUT2D eigenvalue weighted by atomic mass is 10.0. The number of amides is 1. The van der Waals surface area contributed by atoms with E-state index in [9.17, 15) is 4.79 Å². The van der Waals surface area contributed by atoms with E-state index < -0.39 is 0 Å². The molecule has 2 heterocycles. The molecule has 3 atom stereocenters. The monoisotopic (exact) mass is 286 g/mol. The van der Waals surface area contributed by atoms with E-state index in [-0.39, 0.29) is 5.91 Å². The Morgan fingerprint density at radius 2 is 2.10 bits per heavy atom. The van der Waals surface area contributed by atoms with E-state index in [1.165, 1.54) is 0 Å². The average molecular weight is 286 g/mol. The molecule has 0 aliphatic carbocycles. The number of hydrogen-bond acceptors (Lipinski definition) is 3. The first-order valence-electron chi connectivity index (χ1n) is 7.54. The molecule has 112 valence electrons. The van der Waals surface area contributed by atoms with Crippen LogP contribution in [-0.2, 0) is 4.79 Å².